The summed E-state index contributed by atoms with van der Waals surface area (Å²) >= 11 is 2.18. The van der Waals surface area contributed by atoms with E-state index in [4.69, 9.17) is 5.73 Å². The number of hydrogen-bond donors (Lipinski definition) is 1. The number of thioether (sulfide) groups is 1. The quantitative estimate of drug-likeness (QED) is 0.727. The van der Waals surface area contributed by atoms with Crippen molar-refractivity contribution in [2.45, 2.75) is 37.4 Å². The van der Waals surface area contributed by atoms with Crippen molar-refractivity contribution in [1.82, 2.24) is 0 Å². The molecule has 2 atom stereocenters. The predicted molar refractivity (Wildman–Crippen MR) is 55.4 cm³/mol. The number of hydrogen-bond acceptors (Lipinski definition) is 2. The summed E-state index contributed by atoms with van der Waals surface area (Å²) in [7, 11) is 0. The van der Waals surface area contributed by atoms with Gasteiger partial charge in [0.2, 0.25) is 0 Å². The highest BCUT2D eigenvalue weighted by molar-refractivity contribution is 8.01. The summed E-state index contributed by atoms with van der Waals surface area (Å²) < 4.78 is 0. The molecule has 0 aromatic carbocycles. The van der Waals surface area contributed by atoms with Crippen LogP contribution in [0.25, 0.3) is 0 Å². The number of rotatable bonds is 4. The van der Waals surface area contributed by atoms with E-state index in [1.807, 2.05) is 0 Å². The van der Waals surface area contributed by atoms with E-state index in [0.29, 0.717) is 0 Å². The highest BCUT2D eigenvalue weighted by atomic mass is 32.2. The molecule has 1 saturated carbocycles. The molecule has 0 aromatic heterocycles. The zero-order valence-electron chi connectivity index (χ0n) is 7.67. The Morgan fingerprint density at radius 3 is 2.42 bits per heavy atom. The molecule has 0 aromatic rings. The fourth-order valence-electron chi connectivity index (χ4n) is 2.38. The Morgan fingerprint density at radius 1 is 1.33 bits per heavy atom. The molecule has 2 heteroatoms. The van der Waals surface area contributed by atoms with Crippen molar-refractivity contribution in [1.29, 1.82) is 0 Å². The van der Waals surface area contributed by atoms with Gasteiger partial charge in [-0.25, -0.2) is 0 Å². The van der Waals surface area contributed by atoms with Crippen LogP contribution >= 0.6 is 11.8 Å². The highest BCUT2D eigenvalue weighted by Crippen LogP contribution is 2.45. The summed E-state index contributed by atoms with van der Waals surface area (Å²) in [4.78, 5) is 0. The Labute approximate surface area is 79.5 Å². The Balaban J connectivity index is 1.82. The van der Waals surface area contributed by atoms with Crippen molar-refractivity contribution in [3.8, 4) is 0 Å². The molecule has 0 radical (unpaired) electrons. The van der Waals surface area contributed by atoms with Crippen LogP contribution in [0.2, 0.25) is 0 Å². The largest absolute Gasteiger partial charge is 0.330 e. The van der Waals surface area contributed by atoms with E-state index in [2.05, 4.69) is 11.8 Å². The van der Waals surface area contributed by atoms with E-state index in [9.17, 15) is 0 Å². The second kappa shape index (κ2) is 4.01. The maximum absolute atomic E-state index is 5.65. The fraction of sp³-hybridized carbons (Fsp3) is 1.00. The van der Waals surface area contributed by atoms with Crippen molar-refractivity contribution in [2.75, 3.05) is 12.3 Å². The zero-order valence-corrected chi connectivity index (χ0v) is 8.48. The highest BCUT2D eigenvalue weighted by Gasteiger charge is 2.35. The first kappa shape index (κ1) is 8.89. The summed E-state index contributed by atoms with van der Waals surface area (Å²) in [5, 5.41) is 0.985. The maximum Gasteiger partial charge on any atom is 0.00862 e. The second-order valence-electron chi connectivity index (χ2n) is 4.13. The van der Waals surface area contributed by atoms with Crippen LogP contribution in [0.3, 0.4) is 0 Å². The molecule has 0 amide bonds. The van der Waals surface area contributed by atoms with Crippen LogP contribution in [0.15, 0.2) is 0 Å². The predicted octanol–water partition coefficient (Wildman–Crippen LogP) is 2.26. The van der Waals surface area contributed by atoms with Gasteiger partial charge in [-0.05, 0) is 37.0 Å². The average Bonchev–Trinajstić information content (AvgIpc) is 1.79. The van der Waals surface area contributed by atoms with Gasteiger partial charge in [0.1, 0.15) is 0 Å². The SMILES string of the molecule is NCCC(C1CCC1)C1CCS1. The van der Waals surface area contributed by atoms with E-state index >= 15 is 0 Å². The summed E-state index contributed by atoms with van der Waals surface area (Å²) in [5.74, 6) is 3.42. The van der Waals surface area contributed by atoms with E-state index in [1.54, 1.807) is 0 Å². The topological polar surface area (TPSA) is 26.0 Å². The minimum absolute atomic E-state index is 0.901. The van der Waals surface area contributed by atoms with E-state index < -0.39 is 0 Å². The minimum atomic E-state index is 0.901. The third kappa shape index (κ3) is 1.64. The molecule has 2 aliphatic rings. The van der Waals surface area contributed by atoms with Crippen LogP contribution in [0.5, 0.6) is 0 Å². The standard InChI is InChI=1S/C10H19NS/c11-6-4-9(8-2-1-3-8)10-5-7-12-10/h8-10H,1-7,11H2. The summed E-state index contributed by atoms with van der Waals surface area (Å²) in [5.41, 5.74) is 5.65. The molecule has 2 fully saturated rings. The Kier molecular flexibility index (Phi) is 2.97. The normalized spacial score (nSPS) is 32.2. The maximum atomic E-state index is 5.65. The van der Waals surface area contributed by atoms with Gasteiger partial charge >= 0.3 is 0 Å². The van der Waals surface area contributed by atoms with Crippen LogP contribution in [0, 0.1) is 11.8 Å². The van der Waals surface area contributed by atoms with Crippen LogP contribution in [-0.2, 0) is 0 Å². The molecule has 2 rings (SSSR count). The minimum Gasteiger partial charge on any atom is -0.330 e. The second-order valence-corrected chi connectivity index (χ2v) is 5.48. The van der Waals surface area contributed by atoms with E-state index in [-0.39, 0.29) is 0 Å². The third-order valence-electron chi connectivity index (χ3n) is 3.47. The molecule has 1 aliphatic heterocycles. The van der Waals surface area contributed by atoms with Gasteiger partial charge in [0.15, 0.2) is 0 Å². The van der Waals surface area contributed by atoms with Gasteiger partial charge in [-0.2, -0.15) is 11.8 Å². The van der Waals surface area contributed by atoms with Crippen LogP contribution in [-0.4, -0.2) is 17.5 Å². The lowest BCUT2D eigenvalue weighted by atomic mass is 9.72. The molecule has 1 saturated heterocycles. The molecule has 1 heterocycles. The molecule has 70 valence electrons. The van der Waals surface area contributed by atoms with Gasteiger partial charge < -0.3 is 5.73 Å². The molecule has 0 bridgehead atoms. The van der Waals surface area contributed by atoms with E-state index in [0.717, 1.165) is 23.6 Å². The molecular weight excluding hydrogens is 166 g/mol. The van der Waals surface area contributed by atoms with Crippen LogP contribution < -0.4 is 5.73 Å². The van der Waals surface area contributed by atoms with Gasteiger partial charge in [0.25, 0.3) is 0 Å². The number of nitrogens with two attached hydrogens (primary N) is 1. The first-order valence-electron chi connectivity index (χ1n) is 5.23. The lowest BCUT2D eigenvalue weighted by Crippen LogP contribution is -2.36. The Morgan fingerprint density at radius 2 is 2.08 bits per heavy atom. The molecular formula is C10H19NS. The van der Waals surface area contributed by atoms with Gasteiger partial charge in [0, 0.05) is 5.25 Å². The first-order valence-corrected chi connectivity index (χ1v) is 6.28. The third-order valence-corrected chi connectivity index (χ3v) is 4.95. The van der Waals surface area contributed by atoms with E-state index in [1.165, 1.54) is 37.9 Å². The summed E-state index contributed by atoms with van der Waals surface area (Å²) in [6, 6.07) is 0. The summed E-state index contributed by atoms with van der Waals surface area (Å²) in [6.07, 6.45) is 7.20. The molecule has 1 nitrogen and oxygen atoms in total. The van der Waals surface area contributed by atoms with Crippen molar-refractivity contribution < 1.29 is 0 Å². The fourth-order valence-corrected chi connectivity index (χ4v) is 3.49. The molecule has 2 unspecified atom stereocenters. The Bertz CT molecular complexity index is 127. The van der Waals surface area contributed by atoms with Crippen LogP contribution in [0.4, 0.5) is 0 Å². The lowest BCUT2D eigenvalue weighted by molar-refractivity contribution is 0.188. The molecule has 1 aliphatic carbocycles. The smallest absolute Gasteiger partial charge is 0.00862 e. The van der Waals surface area contributed by atoms with Crippen molar-refractivity contribution in [3.63, 3.8) is 0 Å². The van der Waals surface area contributed by atoms with Gasteiger partial charge in [-0.15, -0.1) is 0 Å². The van der Waals surface area contributed by atoms with Gasteiger partial charge in [0.05, 0.1) is 0 Å². The molecule has 2 N–H and O–H groups in total. The van der Waals surface area contributed by atoms with Gasteiger partial charge in [-0.1, -0.05) is 19.3 Å². The Hall–Kier alpha value is 0.310. The molecule has 12 heavy (non-hydrogen) atoms. The first-order chi connectivity index (χ1) is 5.92. The van der Waals surface area contributed by atoms with Crippen molar-refractivity contribution in [3.05, 3.63) is 0 Å². The van der Waals surface area contributed by atoms with Gasteiger partial charge in [-0.3, -0.25) is 0 Å². The monoisotopic (exact) mass is 185 g/mol. The average molecular weight is 185 g/mol. The summed E-state index contributed by atoms with van der Waals surface area (Å²) in [6.45, 7) is 0.901. The molecule has 0 spiro atoms. The van der Waals surface area contributed by atoms with Crippen molar-refractivity contribution in [2.24, 2.45) is 17.6 Å². The zero-order chi connectivity index (χ0) is 8.39. The lowest BCUT2D eigenvalue weighted by Gasteiger charge is -2.42. The van der Waals surface area contributed by atoms with Crippen molar-refractivity contribution >= 4 is 11.8 Å². The van der Waals surface area contributed by atoms with Crippen LogP contribution in [0.1, 0.15) is 32.1 Å².